The van der Waals surface area contributed by atoms with E-state index >= 15 is 0 Å². The Labute approximate surface area is 130 Å². The van der Waals surface area contributed by atoms with Gasteiger partial charge in [0.25, 0.3) is 0 Å². The van der Waals surface area contributed by atoms with Gasteiger partial charge < -0.3 is 0 Å². The van der Waals surface area contributed by atoms with Gasteiger partial charge in [-0.3, -0.25) is 0 Å². The zero-order valence-corrected chi connectivity index (χ0v) is 12.8. The number of hydrogen-bond donors (Lipinski definition) is 0. The van der Waals surface area contributed by atoms with E-state index in [0.29, 0.717) is 12.1 Å². The zero-order chi connectivity index (χ0) is 15.6. The highest BCUT2D eigenvalue weighted by Gasteiger charge is 2.36. The van der Waals surface area contributed by atoms with Crippen LogP contribution in [-0.4, -0.2) is 19.3 Å². The van der Waals surface area contributed by atoms with Gasteiger partial charge in [-0.15, -0.1) is 0 Å². The highest BCUT2D eigenvalue weighted by Crippen LogP contribution is 2.36. The highest BCUT2D eigenvalue weighted by molar-refractivity contribution is 7.89. The molecule has 112 valence electrons. The van der Waals surface area contributed by atoms with Crippen LogP contribution in [0.15, 0.2) is 59.5 Å². The number of rotatable bonds is 3. The topological polar surface area (TPSA) is 61.2 Å². The maximum Gasteiger partial charge on any atom is 0.243 e. The normalized spacial score (nSPS) is 19.0. The molecule has 1 fully saturated rings. The summed E-state index contributed by atoms with van der Waals surface area (Å²) in [5, 5.41) is 8.96. The third-order valence-corrected chi connectivity index (χ3v) is 5.86. The van der Waals surface area contributed by atoms with Crippen LogP contribution >= 0.6 is 0 Å². The third-order valence-electron chi connectivity index (χ3n) is 3.96. The number of benzene rings is 2. The van der Waals surface area contributed by atoms with E-state index in [1.54, 1.807) is 22.5 Å². The van der Waals surface area contributed by atoms with Crippen molar-refractivity contribution >= 4 is 10.0 Å². The first-order valence-electron chi connectivity index (χ1n) is 7.20. The molecule has 0 bridgehead atoms. The van der Waals surface area contributed by atoms with Gasteiger partial charge >= 0.3 is 0 Å². The number of hydrogen-bond acceptors (Lipinski definition) is 3. The first-order valence-corrected chi connectivity index (χ1v) is 8.64. The van der Waals surface area contributed by atoms with E-state index in [2.05, 4.69) is 0 Å². The second kappa shape index (κ2) is 5.91. The van der Waals surface area contributed by atoms with Crippen LogP contribution in [0.3, 0.4) is 0 Å². The van der Waals surface area contributed by atoms with Crippen LogP contribution in [0.2, 0.25) is 0 Å². The Morgan fingerprint density at radius 1 is 1.09 bits per heavy atom. The predicted octanol–water partition coefficient (Wildman–Crippen LogP) is 3.08. The quantitative estimate of drug-likeness (QED) is 0.875. The maximum absolute atomic E-state index is 12.9. The van der Waals surface area contributed by atoms with E-state index in [1.807, 2.05) is 36.4 Å². The SMILES string of the molecule is N#Cc1cccc(S(=O)(=O)N2CCC[C@@H]2c2ccccc2)c1. The Bertz CT molecular complexity index is 810. The van der Waals surface area contributed by atoms with Gasteiger partial charge in [-0.1, -0.05) is 36.4 Å². The third kappa shape index (κ3) is 2.63. The summed E-state index contributed by atoms with van der Waals surface area (Å²) >= 11 is 0. The van der Waals surface area contributed by atoms with Gasteiger partial charge in [0.2, 0.25) is 10.0 Å². The molecule has 0 N–H and O–H groups in total. The van der Waals surface area contributed by atoms with Crippen LogP contribution in [0.25, 0.3) is 0 Å². The van der Waals surface area contributed by atoms with Crippen molar-refractivity contribution in [2.24, 2.45) is 0 Å². The predicted molar refractivity (Wildman–Crippen MR) is 83.5 cm³/mol. The second-order valence-electron chi connectivity index (χ2n) is 5.32. The fourth-order valence-electron chi connectivity index (χ4n) is 2.90. The van der Waals surface area contributed by atoms with Gasteiger partial charge in [0.1, 0.15) is 0 Å². The summed E-state index contributed by atoms with van der Waals surface area (Å²) in [7, 11) is -3.59. The Balaban J connectivity index is 1.99. The molecule has 3 rings (SSSR count). The van der Waals surface area contributed by atoms with Gasteiger partial charge in [-0.2, -0.15) is 9.57 Å². The molecule has 1 aliphatic rings. The lowest BCUT2D eigenvalue weighted by Crippen LogP contribution is -2.30. The van der Waals surface area contributed by atoms with Crippen LogP contribution in [0.5, 0.6) is 0 Å². The van der Waals surface area contributed by atoms with E-state index < -0.39 is 10.0 Å². The zero-order valence-electron chi connectivity index (χ0n) is 12.0. The largest absolute Gasteiger partial charge is 0.243 e. The average molecular weight is 312 g/mol. The molecule has 0 aliphatic carbocycles. The fraction of sp³-hybridized carbons (Fsp3) is 0.235. The van der Waals surface area contributed by atoms with E-state index in [9.17, 15) is 8.42 Å². The molecule has 2 aromatic carbocycles. The van der Waals surface area contributed by atoms with Crippen molar-refractivity contribution in [1.82, 2.24) is 4.31 Å². The van der Waals surface area contributed by atoms with Crippen molar-refractivity contribution in [3.05, 3.63) is 65.7 Å². The Morgan fingerprint density at radius 2 is 1.86 bits per heavy atom. The molecule has 0 amide bonds. The standard InChI is InChI=1S/C17H16N2O2S/c18-13-14-6-4-9-16(12-14)22(20,21)19-11-5-10-17(19)15-7-2-1-3-8-15/h1-4,6-9,12,17H,5,10-11H2/t17-/m1/s1. The van der Waals surface area contributed by atoms with Crippen molar-refractivity contribution in [1.29, 1.82) is 5.26 Å². The first-order chi connectivity index (χ1) is 10.6. The Morgan fingerprint density at radius 3 is 2.59 bits per heavy atom. The molecule has 2 aromatic rings. The molecule has 4 nitrogen and oxygen atoms in total. The summed E-state index contributed by atoms with van der Waals surface area (Å²) in [6.45, 7) is 0.513. The maximum atomic E-state index is 12.9. The summed E-state index contributed by atoms with van der Waals surface area (Å²) in [5.41, 5.74) is 1.37. The second-order valence-corrected chi connectivity index (χ2v) is 7.21. The van der Waals surface area contributed by atoms with Crippen molar-refractivity contribution in [2.45, 2.75) is 23.8 Å². The van der Waals surface area contributed by atoms with Crippen LogP contribution in [0.1, 0.15) is 30.0 Å². The lowest BCUT2D eigenvalue weighted by Gasteiger charge is -2.24. The molecular weight excluding hydrogens is 296 g/mol. The minimum absolute atomic E-state index is 0.128. The lowest BCUT2D eigenvalue weighted by atomic mass is 10.1. The first kappa shape index (κ1) is 14.8. The van der Waals surface area contributed by atoms with E-state index in [0.717, 1.165) is 18.4 Å². The minimum atomic E-state index is -3.59. The van der Waals surface area contributed by atoms with Gasteiger partial charge in [-0.05, 0) is 36.6 Å². The Kier molecular flexibility index (Phi) is 3.97. The summed E-state index contributed by atoms with van der Waals surface area (Å²) < 4.78 is 27.4. The summed E-state index contributed by atoms with van der Waals surface area (Å²) in [6.07, 6.45) is 1.66. The van der Waals surface area contributed by atoms with Crippen LogP contribution in [0.4, 0.5) is 0 Å². The van der Waals surface area contributed by atoms with Crippen molar-refractivity contribution in [2.75, 3.05) is 6.54 Å². The number of nitriles is 1. The average Bonchev–Trinajstić information content (AvgIpc) is 3.06. The van der Waals surface area contributed by atoms with Crippen molar-refractivity contribution in [3.63, 3.8) is 0 Å². The smallest absolute Gasteiger partial charge is 0.207 e. The van der Waals surface area contributed by atoms with Crippen LogP contribution < -0.4 is 0 Å². The van der Waals surface area contributed by atoms with Gasteiger partial charge in [0.15, 0.2) is 0 Å². The number of nitrogens with zero attached hydrogens (tertiary/aromatic N) is 2. The molecule has 0 aromatic heterocycles. The molecule has 1 saturated heterocycles. The molecule has 1 aliphatic heterocycles. The highest BCUT2D eigenvalue weighted by atomic mass is 32.2. The number of sulfonamides is 1. The van der Waals surface area contributed by atoms with Crippen LogP contribution in [0, 0.1) is 11.3 Å². The van der Waals surface area contributed by atoms with E-state index in [-0.39, 0.29) is 10.9 Å². The lowest BCUT2D eigenvalue weighted by molar-refractivity contribution is 0.396. The van der Waals surface area contributed by atoms with E-state index in [1.165, 1.54) is 6.07 Å². The molecule has 0 saturated carbocycles. The van der Waals surface area contributed by atoms with Crippen molar-refractivity contribution < 1.29 is 8.42 Å². The van der Waals surface area contributed by atoms with E-state index in [4.69, 9.17) is 5.26 Å². The monoisotopic (exact) mass is 312 g/mol. The molecule has 5 heteroatoms. The fourth-order valence-corrected chi connectivity index (χ4v) is 4.63. The Hall–Kier alpha value is -2.16. The molecule has 1 atom stereocenters. The summed E-state index contributed by atoms with van der Waals surface area (Å²) in [4.78, 5) is 0.189. The van der Waals surface area contributed by atoms with Crippen molar-refractivity contribution in [3.8, 4) is 6.07 Å². The van der Waals surface area contributed by atoms with Gasteiger partial charge in [-0.25, -0.2) is 8.42 Å². The molecule has 1 heterocycles. The van der Waals surface area contributed by atoms with Gasteiger partial charge in [0.05, 0.1) is 22.6 Å². The molecule has 0 radical (unpaired) electrons. The summed E-state index contributed by atoms with van der Waals surface area (Å²) in [6, 6.07) is 17.8. The molecule has 0 spiro atoms. The molecule has 0 unspecified atom stereocenters. The molecule has 22 heavy (non-hydrogen) atoms. The van der Waals surface area contributed by atoms with Gasteiger partial charge in [0, 0.05) is 6.54 Å². The summed E-state index contributed by atoms with van der Waals surface area (Å²) in [5.74, 6) is 0. The minimum Gasteiger partial charge on any atom is -0.207 e. The molecular formula is C17H16N2O2S. The van der Waals surface area contributed by atoms with Crippen LogP contribution in [-0.2, 0) is 10.0 Å².